The van der Waals surface area contributed by atoms with Crippen LogP contribution in [0.5, 0.6) is 5.75 Å². The van der Waals surface area contributed by atoms with Gasteiger partial charge in [0.25, 0.3) is 0 Å². The molecule has 0 aromatic heterocycles. The second-order valence-electron chi connectivity index (χ2n) is 2.96. The molecule has 1 aromatic rings. The molecule has 0 aliphatic carbocycles. The predicted molar refractivity (Wildman–Crippen MR) is 55.7 cm³/mol. The van der Waals surface area contributed by atoms with Crippen LogP contribution >= 0.6 is 23.2 Å². The van der Waals surface area contributed by atoms with Gasteiger partial charge < -0.3 is 10.8 Å². The molecule has 0 aliphatic heterocycles. The van der Waals surface area contributed by atoms with Crippen LogP contribution in [0.1, 0.15) is 18.4 Å². The quantitative estimate of drug-likeness (QED) is 0.824. The zero-order chi connectivity index (χ0) is 10.9. The number of nitrogens with two attached hydrogens (primary N) is 1. The van der Waals surface area contributed by atoms with Crippen LogP contribution in [0.15, 0.2) is 12.1 Å². The van der Waals surface area contributed by atoms with Crippen LogP contribution in [0.2, 0.25) is 10.0 Å². The summed E-state index contributed by atoms with van der Waals surface area (Å²) in [6, 6.07) is 2.94. The van der Waals surface area contributed by atoms with Crippen LogP contribution in [0.25, 0.3) is 0 Å². The number of phenols is 1. The molecule has 0 heterocycles. The molecule has 3 nitrogen and oxygen atoms in total. The largest absolute Gasteiger partial charge is 0.505 e. The van der Waals surface area contributed by atoms with E-state index in [0.29, 0.717) is 5.56 Å². The highest BCUT2D eigenvalue weighted by atomic mass is 35.5. The van der Waals surface area contributed by atoms with E-state index in [1.807, 2.05) is 0 Å². The fourth-order valence-corrected chi connectivity index (χ4v) is 1.50. The molecule has 0 bridgehead atoms. The maximum Gasteiger partial charge on any atom is 0.224 e. The third-order valence-electron chi connectivity index (χ3n) is 1.97. The zero-order valence-electron chi connectivity index (χ0n) is 7.42. The molecule has 0 saturated carbocycles. The third kappa shape index (κ3) is 2.11. The van der Waals surface area contributed by atoms with E-state index in [2.05, 4.69) is 0 Å². The van der Waals surface area contributed by atoms with E-state index in [0.717, 1.165) is 0 Å². The van der Waals surface area contributed by atoms with E-state index in [-0.39, 0.29) is 15.8 Å². The molecular weight excluding hydrogens is 225 g/mol. The van der Waals surface area contributed by atoms with E-state index < -0.39 is 11.8 Å². The summed E-state index contributed by atoms with van der Waals surface area (Å²) >= 11 is 11.4. The standard InChI is InChI=1S/C9H9Cl2NO2/c1-4(9(12)14)5-2-6(10)8(13)7(11)3-5/h2-4,13H,1H3,(H2,12,14). The molecule has 1 unspecified atom stereocenters. The molecule has 1 aromatic carbocycles. The van der Waals surface area contributed by atoms with Crippen molar-refractivity contribution in [3.8, 4) is 5.75 Å². The minimum atomic E-state index is -0.481. The first-order valence-corrected chi connectivity index (χ1v) is 4.66. The summed E-state index contributed by atoms with van der Waals surface area (Å²) in [5.41, 5.74) is 5.71. The van der Waals surface area contributed by atoms with Crippen LogP contribution in [0.3, 0.4) is 0 Å². The van der Waals surface area contributed by atoms with Crippen molar-refractivity contribution in [1.29, 1.82) is 0 Å². The Morgan fingerprint density at radius 1 is 1.43 bits per heavy atom. The molecule has 5 heteroatoms. The maximum atomic E-state index is 10.9. The first kappa shape index (κ1) is 11.1. The Hall–Kier alpha value is -0.930. The average molecular weight is 234 g/mol. The molecule has 3 N–H and O–H groups in total. The Balaban J connectivity index is 3.19. The van der Waals surface area contributed by atoms with Crippen molar-refractivity contribution in [2.45, 2.75) is 12.8 Å². The maximum absolute atomic E-state index is 10.9. The summed E-state index contributed by atoms with van der Waals surface area (Å²) in [6.45, 7) is 1.64. The Bertz CT molecular complexity index is 356. The van der Waals surface area contributed by atoms with Gasteiger partial charge in [-0.15, -0.1) is 0 Å². The first-order valence-electron chi connectivity index (χ1n) is 3.90. The Kier molecular flexibility index (Phi) is 3.24. The lowest BCUT2D eigenvalue weighted by molar-refractivity contribution is -0.119. The number of halogens is 2. The van der Waals surface area contributed by atoms with Crippen molar-refractivity contribution in [2.24, 2.45) is 5.73 Å². The molecule has 0 aliphatic rings. The number of aromatic hydroxyl groups is 1. The van der Waals surface area contributed by atoms with Crippen LogP contribution in [0.4, 0.5) is 0 Å². The SMILES string of the molecule is CC(C(N)=O)c1cc(Cl)c(O)c(Cl)c1. The van der Waals surface area contributed by atoms with Gasteiger partial charge in [-0.2, -0.15) is 0 Å². The predicted octanol–water partition coefficient (Wildman–Crippen LogP) is 2.29. The van der Waals surface area contributed by atoms with Gasteiger partial charge in [-0.05, 0) is 24.6 Å². The molecule has 1 atom stereocenters. The van der Waals surface area contributed by atoms with Crippen LogP contribution in [0, 0.1) is 0 Å². The van der Waals surface area contributed by atoms with Gasteiger partial charge in [-0.25, -0.2) is 0 Å². The van der Waals surface area contributed by atoms with Gasteiger partial charge >= 0.3 is 0 Å². The molecule has 76 valence electrons. The number of hydrogen-bond donors (Lipinski definition) is 2. The molecule has 0 saturated heterocycles. The summed E-state index contributed by atoms with van der Waals surface area (Å²) < 4.78 is 0. The van der Waals surface area contributed by atoms with Gasteiger partial charge in [0.05, 0.1) is 16.0 Å². The number of phenolic OH excluding ortho intramolecular Hbond substituents is 1. The monoisotopic (exact) mass is 233 g/mol. The van der Waals surface area contributed by atoms with Crippen molar-refractivity contribution < 1.29 is 9.90 Å². The topological polar surface area (TPSA) is 63.3 Å². The normalized spacial score (nSPS) is 12.5. The summed E-state index contributed by atoms with van der Waals surface area (Å²) in [5, 5.41) is 9.49. The van der Waals surface area contributed by atoms with E-state index in [1.54, 1.807) is 6.92 Å². The fourth-order valence-electron chi connectivity index (χ4n) is 0.999. The molecule has 14 heavy (non-hydrogen) atoms. The van der Waals surface area contributed by atoms with Crippen LogP contribution < -0.4 is 5.73 Å². The number of hydrogen-bond acceptors (Lipinski definition) is 2. The Morgan fingerprint density at radius 2 is 1.86 bits per heavy atom. The van der Waals surface area contributed by atoms with Gasteiger partial charge in [0.15, 0.2) is 5.75 Å². The van der Waals surface area contributed by atoms with Crippen molar-refractivity contribution >= 4 is 29.1 Å². The summed E-state index contributed by atoms with van der Waals surface area (Å²) in [5.74, 6) is -1.14. The van der Waals surface area contributed by atoms with E-state index in [4.69, 9.17) is 28.9 Å². The number of benzene rings is 1. The van der Waals surface area contributed by atoms with Crippen molar-refractivity contribution in [3.05, 3.63) is 27.7 Å². The van der Waals surface area contributed by atoms with E-state index >= 15 is 0 Å². The third-order valence-corrected chi connectivity index (χ3v) is 2.54. The van der Waals surface area contributed by atoms with E-state index in [9.17, 15) is 9.90 Å². The van der Waals surface area contributed by atoms with Gasteiger partial charge in [-0.3, -0.25) is 4.79 Å². The lowest BCUT2D eigenvalue weighted by atomic mass is 10.0. The highest BCUT2D eigenvalue weighted by Gasteiger charge is 2.15. The minimum Gasteiger partial charge on any atom is -0.505 e. The van der Waals surface area contributed by atoms with Crippen LogP contribution in [-0.2, 0) is 4.79 Å². The molecule has 0 radical (unpaired) electrons. The Labute approximate surface area is 91.4 Å². The smallest absolute Gasteiger partial charge is 0.224 e. The van der Waals surface area contributed by atoms with Crippen molar-refractivity contribution in [1.82, 2.24) is 0 Å². The zero-order valence-corrected chi connectivity index (χ0v) is 8.93. The number of carbonyl (C=O) groups excluding carboxylic acids is 1. The highest BCUT2D eigenvalue weighted by Crippen LogP contribution is 2.34. The minimum absolute atomic E-state index is 0.112. The molecule has 0 spiro atoms. The first-order chi connectivity index (χ1) is 6.43. The number of primary amides is 1. The summed E-state index contributed by atoms with van der Waals surface area (Å²) in [7, 11) is 0. The molecule has 0 fully saturated rings. The van der Waals surface area contributed by atoms with Gasteiger partial charge in [0, 0.05) is 0 Å². The highest BCUT2D eigenvalue weighted by molar-refractivity contribution is 6.37. The molecule has 1 rings (SSSR count). The lowest BCUT2D eigenvalue weighted by Crippen LogP contribution is -2.18. The van der Waals surface area contributed by atoms with E-state index in [1.165, 1.54) is 12.1 Å². The fraction of sp³-hybridized carbons (Fsp3) is 0.222. The average Bonchev–Trinajstić information content (AvgIpc) is 2.12. The summed E-state index contributed by atoms with van der Waals surface area (Å²) in [6.07, 6.45) is 0. The number of carbonyl (C=O) groups is 1. The van der Waals surface area contributed by atoms with Crippen molar-refractivity contribution in [3.63, 3.8) is 0 Å². The van der Waals surface area contributed by atoms with Gasteiger partial charge in [-0.1, -0.05) is 23.2 Å². The molecular formula is C9H9Cl2NO2. The van der Waals surface area contributed by atoms with Crippen LogP contribution in [-0.4, -0.2) is 11.0 Å². The number of rotatable bonds is 2. The lowest BCUT2D eigenvalue weighted by Gasteiger charge is -2.09. The molecule has 1 amide bonds. The van der Waals surface area contributed by atoms with Gasteiger partial charge in [0.1, 0.15) is 0 Å². The van der Waals surface area contributed by atoms with Gasteiger partial charge in [0.2, 0.25) is 5.91 Å². The van der Waals surface area contributed by atoms with Crippen molar-refractivity contribution in [2.75, 3.05) is 0 Å². The number of amides is 1. The second-order valence-corrected chi connectivity index (χ2v) is 3.77. The second kappa shape index (κ2) is 4.07. The Morgan fingerprint density at radius 3 is 2.21 bits per heavy atom. The summed E-state index contributed by atoms with van der Waals surface area (Å²) in [4.78, 5) is 10.9.